The highest BCUT2D eigenvalue weighted by atomic mass is 16.5. The van der Waals surface area contributed by atoms with Gasteiger partial charge in [0.1, 0.15) is 0 Å². The molecule has 1 aliphatic rings. The fourth-order valence-electron chi connectivity index (χ4n) is 4.64. The summed E-state index contributed by atoms with van der Waals surface area (Å²) in [5, 5.41) is 6.40. The third-order valence-corrected chi connectivity index (χ3v) is 6.47. The first kappa shape index (κ1) is 25.0. The number of methoxy groups -OCH3 is 1. The van der Waals surface area contributed by atoms with Crippen molar-refractivity contribution in [1.82, 2.24) is 4.90 Å². The highest BCUT2D eigenvalue weighted by molar-refractivity contribution is 6.37. The van der Waals surface area contributed by atoms with Crippen molar-refractivity contribution in [2.24, 2.45) is 0 Å². The SMILES string of the molecule is COC(=O)c1ccc2c(c1)/C(=C(/Nc1ccc(CN(C)Cc3ccccc3)cc1)c1ccccc1)C(=O)N2. The molecule has 0 saturated heterocycles. The van der Waals surface area contributed by atoms with Crippen LogP contribution in [0.2, 0.25) is 0 Å². The number of benzene rings is 4. The van der Waals surface area contributed by atoms with E-state index in [1.807, 2.05) is 48.5 Å². The number of hydrogen-bond donors (Lipinski definition) is 2. The predicted molar refractivity (Wildman–Crippen MR) is 151 cm³/mol. The standard InChI is InChI=1S/C32H29N3O3/c1-35(20-22-9-5-3-6-10-22)21-23-13-16-26(17-14-23)33-30(24-11-7-4-8-12-24)29-27-19-25(32(37)38-2)15-18-28(27)34-31(29)36/h3-19,33H,20-21H2,1-2H3,(H,34,36)/b30-29-. The molecule has 1 amide bonds. The summed E-state index contributed by atoms with van der Waals surface area (Å²) in [6.07, 6.45) is 0. The zero-order valence-corrected chi connectivity index (χ0v) is 21.4. The van der Waals surface area contributed by atoms with E-state index in [1.54, 1.807) is 18.2 Å². The number of ether oxygens (including phenoxy) is 1. The minimum absolute atomic E-state index is 0.229. The van der Waals surface area contributed by atoms with Crippen LogP contribution >= 0.6 is 0 Å². The van der Waals surface area contributed by atoms with Gasteiger partial charge in [-0.05, 0) is 54.1 Å². The van der Waals surface area contributed by atoms with Crippen LogP contribution in [0.5, 0.6) is 0 Å². The van der Waals surface area contributed by atoms with Crippen molar-refractivity contribution in [3.63, 3.8) is 0 Å². The number of nitrogens with zero attached hydrogens (tertiary/aromatic N) is 1. The van der Waals surface area contributed by atoms with Crippen molar-refractivity contribution >= 4 is 34.5 Å². The van der Waals surface area contributed by atoms with Crippen LogP contribution in [-0.2, 0) is 22.6 Å². The number of nitrogens with one attached hydrogen (secondary N) is 2. The van der Waals surface area contributed by atoms with Crippen molar-refractivity contribution in [1.29, 1.82) is 0 Å². The lowest BCUT2D eigenvalue weighted by atomic mass is 9.98. The number of fused-ring (bicyclic) bond motifs is 1. The van der Waals surface area contributed by atoms with Gasteiger partial charge in [0, 0.05) is 30.0 Å². The average Bonchev–Trinajstić information content (AvgIpc) is 3.27. The van der Waals surface area contributed by atoms with Gasteiger partial charge in [-0.25, -0.2) is 4.79 Å². The summed E-state index contributed by atoms with van der Waals surface area (Å²) < 4.78 is 4.89. The topological polar surface area (TPSA) is 70.7 Å². The lowest BCUT2D eigenvalue weighted by molar-refractivity contribution is -0.110. The number of carbonyl (C=O) groups is 2. The Labute approximate surface area is 222 Å². The molecule has 0 unspecified atom stereocenters. The van der Waals surface area contributed by atoms with Crippen LogP contribution in [0, 0.1) is 0 Å². The van der Waals surface area contributed by atoms with Gasteiger partial charge < -0.3 is 15.4 Å². The molecule has 2 N–H and O–H groups in total. The minimum Gasteiger partial charge on any atom is -0.465 e. The van der Waals surface area contributed by atoms with E-state index in [2.05, 4.69) is 59.0 Å². The molecule has 5 rings (SSSR count). The number of hydrogen-bond acceptors (Lipinski definition) is 5. The molecule has 0 atom stereocenters. The van der Waals surface area contributed by atoms with E-state index in [1.165, 1.54) is 18.2 Å². The maximum absolute atomic E-state index is 13.2. The van der Waals surface area contributed by atoms with Crippen molar-refractivity contribution < 1.29 is 14.3 Å². The average molecular weight is 504 g/mol. The molecular weight excluding hydrogens is 474 g/mol. The molecule has 4 aromatic carbocycles. The summed E-state index contributed by atoms with van der Waals surface area (Å²) in [5.41, 5.74) is 7.02. The van der Waals surface area contributed by atoms with Crippen LogP contribution in [0.25, 0.3) is 11.3 Å². The van der Waals surface area contributed by atoms with Gasteiger partial charge in [-0.3, -0.25) is 9.69 Å². The van der Waals surface area contributed by atoms with Gasteiger partial charge in [0.2, 0.25) is 0 Å². The van der Waals surface area contributed by atoms with Crippen molar-refractivity contribution in [3.05, 3.63) is 131 Å². The molecule has 1 aliphatic heterocycles. The highest BCUT2D eigenvalue weighted by Crippen LogP contribution is 2.38. The summed E-state index contributed by atoms with van der Waals surface area (Å²) in [4.78, 5) is 27.6. The quantitative estimate of drug-likeness (QED) is 0.227. The molecule has 4 aromatic rings. The fourth-order valence-corrected chi connectivity index (χ4v) is 4.64. The largest absolute Gasteiger partial charge is 0.465 e. The summed E-state index contributed by atoms with van der Waals surface area (Å²) >= 11 is 0. The van der Waals surface area contributed by atoms with E-state index < -0.39 is 5.97 Å². The second-order valence-electron chi connectivity index (χ2n) is 9.30. The molecule has 190 valence electrons. The molecule has 6 heteroatoms. The van der Waals surface area contributed by atoms with Crippen molar-refractivity contribution in [2.45, 2.75) is 13.1 Å². The van der Waals surface area contributed by atoms with Crippen LogP contribution in [0.4, 0.5) is 11.4 Å². The Morgan fingerprint density at radius 1 is 0.816 bits per heavy atom. The summed E-state index contributed by atoms with van der Waals surface area (Å²) in [6, 6.07) is 33.4. The van der Waals surface area contributed by atoms with Gasteiger partial charge in [0.15, 0.2) is 0 Å². The van der Waals surface area contributed by atoms with E-state index in [4.69, 9.17) is 4.74 Å². The highest BCUT2D eigenvalue weighted by Gasteiger charge is 2.29. The maximum atomic E-state index is 13.2. The Morgan fingerprint density at radius 2 is 1.45 bits per heavy atom. The Bertz CT molecular complexity index is 1480. The normalized spacial score (nSPS) is 13.6. The molecule has 0 radical (unpaired) electrons. The summed E-state index contributed by atoms with van der Waals surface area (Å²) in [5.74, 6) is -0.680. The Balaban J connectivity index is 1.44. The molecule has 38 heavy (non-hydrogen) atoms. The minimum atomic E-state index is -0.450. The predicted octanol–water partition coefficient (Wildman–Crippen LogP) is 6.04. The van der Waals surface area contributed by atoms with Gasteiger partial charge in [-0.15, -0.1) is 0 Å². The number of esters is 1. The monoisotopic (exact) mass is 503 g/mol. The molecule has 6 nitrogen and oxygen atoms in total. The van der Waals surface area contributed by atoms with E-state index in [0.717, 1.165) is 24.3 Å². The first-order valence-corrected chi connectivity index (χ1v) is 12.4. The summed E-state index contributed by atoms with van der Waals surface area (Å²) in [6.45, 7) is 1.68. The van der Waals surface area contributed by atoms with E-state index in [-0.39, 0.29) is 5.91 Å². The molecule has 0 spiro atoms. The second-order valence-corrected chi connectivity index (χ2v) is 9.30. The van der Waals surface area contributed by atoms with Crippen LogP contribution in [0.15, 0.2) is 103 Å². The Morgan fingerprint density at radius 3 is 2.11 bits per heavy atom. The van der Waals surface area contributed by atoms with Crippen LogP contribution < -0.4 is 10.6 Å². The molecule has 0 aromatic heterocycles. The first-order chi connectivity index (χ1) is 18.5. The van der Waals surface area contributed by atoms with E-state index >= 15 is 0 Å². The van der Waals surface area contributed by atoms with Gasteiger partial charge in [-0.2, -0.15) is 0 Å². The number of carbonyl (C=O) groups excluding carboxylic acids is 2. The number of rotatable bonds is 8. The van der Waals surface area contributed by atoms with Crippen LogP contribution in [-0.4, -0.2) is 30.9 Å². The number of anilines is 2. The fraction of sp³-hybridized carbons (Fsp3) is 0.125. The smallest absolute Gasteiger partial charge is 0.337 e. The Hall–Kier alpha value is -4.68. The Kier molecular flexibility index (Phi) is 7.33. The van der Waals surface area contributed by atoms with Gasteiger partial charge in [-0.1, -0.05) is 72.8 Å². The zero-order valence-electron chi connectivity index (χ0n) is 21.4. The second kappa shape index (κ2) is 11.2. The number of amides is 1. The molecule has 0 aliphatic carbocycles. The van der Waals surface area contributed by atoms with Gasteiger partial charge in [0.05, 0.1) is 23.9 Å². The molecule has 0 bridgehead atoms. The van der Waals surface area contributed by atoms with Crippen LogP contribution in [0.3, 0.4) is 0 Å². The molecule has 0 fully saturated rings. The lowest BCUT2D eigenvalue weighted by Gasteiger charge is -2.18. The first-order valence-electron chi connectivity index (χ1n) is 12.4. The molecule has 1 heterocycles. The van der Waals surface area contributed by atoms with Gasteiger partial charge >= 0.3 is 5.97 Å². The van der Waals surface area contributed by atoms with Crippen molar-refractivity contribution in [2.75, 3.05) is 24.8 Å². The lowest BCUT2D eigenvalue weighted by Crippen LogP contribution is -2.17. The summed E-state index contributed by atoms with van der Waals surface area (Å²) in [7, 11) is 3.45. The zero-order chi connectivity index (χ0) is 26.5. The van der Waals surface area contributed by atoms with Gasteiger partial charge in [0.25, 0.3) is 5.91 Å². The van der Waals surface area contributed by atoms with Crippen LogP contribution in [0.1, 0.15) is 32.6 Å². The molecule has 0 saturated carbocycles. The maximum Gasteiger partial charge on any atom is 0.337 e. The van der Waals surface area contributed by atoms with Crippen molar-refractivity contribution in [3.8, 4) is 0 Å². The van der Waals surface area contributed by atoms with E-state index in [9.17, 15) is 9.59 Å². The third-order valence-electron chi connectivity index (χ3n) is 6.47. The third kappa shape index (κ3) is 5.51. The van der Waals surface area contributed by atoms with E-state index in [0.29, 0.717) is 28.1 Å². The molecular formula is C32H29N3O3.